The van der Waals surface area contributed by atoms with E-state index in [2.05, 4.69) is 35.5 Å². The molecule has 3 atom stereocenters. The molecule has 0 radical (unpaired) electrons. The Labute approximate surface area is 118 Å². The van der Waals surface area contributed by atoms with E-state index in [1.54, 1.807) is 0 Å². The zero-order chi connectivity index (χ0) is 13.4. The zero-order valence-corrected chi connectivity index (χ0v) is 13.0. The van der Waals surface area contributed by atoms with Gasteiger partial charge in [0.2, 0.25) is 0 Å². The highest BCUT2D eigenvalue weighted by atomic mass is 15.4. The van der Waals surface area contributed by atoms with E-state index in [1.807, 2.05) is 0 Å². The van der Waals surface area contributed by atoms with Crippen molar-refractivity contribution in [1.29, 1.82) is 0 Å². The number of likely N-dealkylation sites (tertiary alicyclic amines) is 3. The summed E-state index contributed by atoms with van der Waals surface area (Å²) in [6, 6.07) is 3.18. The number of nitrogens with zero attached hydrogens (tertiary/aromatic N) is 3. The lowest BCUT2D eigenvalue weighted by molar-refractivity contribution is 0.0721. The minimum atomic E-state index is 0.733. The largest absolute Gasteiger partial charge is 0.299 e. The van der Waals surface area contributed by atoms with E-state index in [4.69, 9.17) is 0 Å². The van der Waals surface area contributed by atoms with E-state index >= 15 is 0 Å². The fraction of sp³-hybridized carbons (Fsp3) is 1.00. The van der Waals surface area contributed by atoms with Gasteiger partial charge in [0.1, 0.15) is 0 Å². The Morgan fingerprint density at radius 2 is 1.68 bits per heavy atom. The van der Waals surface area contributed by atoms with Crippen molar-refractivity contribution in [2.45, 2.75) is 70.6 Å². The predicted octanol–water partition coefficient (Wildman–Crippen LogP) is 2.03. The van der Waals surface area contributed by atoms with Gasteiger partial charge >= 0.3 is 0 Å². The van der Waals surface area contributed by atoms with Crippen LogP contribution in [0.15, 0.2) is 0 Å². The van der Waals surface area contributed by atoms with Gasteiger partial charge in [0.15, 0.2) is 0 Å². The number of piperidine rings is 1. The molecule has 0 aromatic carbocycles. The van der Waals surface area contributed by atoms with Gasteiger partial charge in [-0.1, -0.05) is 6.42 Å². The topological polar surface area (TPSA) is 9.72 Å². The highest BCUT2D eigenvalue weighted by Crippen LogP contribution is 2.32. The Balaban J connectivity index is 1.50. The van der Waals surface area contributed by atoms with Crippen molar-refractivity contribution >= 4 is 0 Å². The van der Waals surface area contributed by atoms with Crippen LogP contribution in [0.25, 0.3) is 0 Å². The van der Waals surface area contributed by atoms with Crippen molar-refractivity contribution in [3.05, 3.63) is 0 Å². The molecule has 3 heterocycles. The van der Waals surface area contributed by atoms with E-state index < -0.39 is 0 Å². The molecule has 0 N–H and O–H groups in total. The van der Waals surface area contributed by atoms with Crippen LogP contribution in [0.4, 0.5) is 0 Å². The summed E-state index contributed by atoms with van der Waals surface area (Å²) in [6.45, 7) is 13.7. The Morgan fingerprint density at radius 1 is 0.947 bits per heavy atom. The maximum Gasteiger partial charge on any atom is 0.0242 e. The van der Waals surface area contributed by atoms with Crippen LogP contribution in [0.5, 0.6) is 0 Å². The number of hydrogen-bond donors (Lipinski definition) is 0. The number of fused-ring (bicyclic) bond motifs is 2. The highest BCUT2D eigenvalue weighted by Gasteiger charge is 2.44. The molecule has 0 aromatic heterocycles. The Bertz CT molecular complexity index is 298. The van der Waals surface area contributed by atoms with E-state index in [0.717, 1.165) is 24.2 Å². The van der Waals surface area contributed by atoms with Crippen LogP contribution in [0.2, 0.25) is 0 Å². The lowest BCUT2D eigenvalue weighted by Gasteiger charge is -2.40. The van der Waals surface area contributed by atoms with Crippen molar-refractivity contribution in [3.8, 4) is 0 Å². The van der Waals surface area contributed by atoms with Gasteiger partial charge in [-0.15, -0.1) is 0 Å². The molecule has 3 rings (SSSR count). The normalized spacial score (nSPS) is 35.4. The molecule has 0 aromatic rings. The predicted molar refractivity (Wildman–Crippen MR) is 80.5 cm³/mol. The third kappa shape index (κ3) is 2.84. The molecule has 2 bridgehead atoms. The second-order valence-electron chi connectivity index (χ2n) is 7.23. The van der Waals surface area contributed by atoms with Crippen molar-refractivity contribution in [2.24, 2.45) is 0 Å². The third-order valence-electron chi connectivity index (χ3n) is 5.57. The van der Waals surface area contributed by atoms with Crippen LogP contribution in [0.3, 0.4) is 0 Å². The zero-order valence-electron chi connectivity index (χ0n) is 13.0. The molecule has 0 amide bonds. The summed E-state index contributed by atoms with van der Waals surface area (Å²) in [4.78, 5) is 8.21. The van der Waals surface area contributed by atoms with Crippen LogP contribution in [0, 0.1) is 0 Å². The van der Waals surface area contributed by atoms with E-state index in [9.17, 15) is 0 Å². The molecule has 3 nitrogen and oxygen atoms in total. The van der Waals surface area contributed by atoms with Crippen molar-refractivity contribution < 1.29 is 0 Å². The van der Waals surface area contributed by atoms with Crippen LogP contribution >= 0.6 is 0 Å². The van der Waals surface area contributed by atoms with Crippen LogP contribution in [-0.2, 0) is 0 Å². The smallest absolute Gasteiger partial charge is 0.0242 e. The molecule has 3 fully saturated rings. The molecule has 3 aliphatic rings. The van der Waals surface area contributed by atoms with Crippen LogP contribution in [0.1, 0.15) is 46.5 Å². The van der Waals surface area contributed by atoms with Gasteiger partial charge in [-0.25, -0.2) is 0 Å². The first kappa shape index (κ1) is 13.8. The maximum absolute atomic E-state index is 2.78. The summed E-state index contributed by atoms with van der Waals surface area (Å²) in [6.07, 6.45) is 5.70. The van der Waals surface area contributed by atoms with E-state index in [-0.39, 0.29) is 0 Å². The van der Waals surface area contributed by atoms with E-state index in [0.29, 0.717) is 0 Å². The number of hydrogen-bond acceptors (Lipinski definition) is 3. The van der Waals surface area contributed by atoms with Gasteiger partial charge in [-0.3, -0.25) is 14.7 Å². The van der Waals surface area contributed by atoms with Gasteiger partial charge in [0.25, 0.3) is 0 Å². The summed E-state index contributed by atoms with van der Waals surface area (Å²) < 4.78 is 0. The first-order valence-corrected chi connectivity index (χ1v) is 8.39. The van der Waals surface area contributed by atoms with Gasteiger partial charge in [0, 0.05) is 43.8 Å². The average Bonchev–Trinajstić information content (AvgIpc) is 2.99. The number of rotatable bonds is 4. The summed E-state index contributed by atoms with van der Waals surface area (Å²) in [5, 5.41) is 0. The summed E-state index contributed by atoms with van der Waals surface area (Å²) in [5.74, 6) is 0. The lowest BCUT2D eigenvalue weighted by atomic mass is 10.1. The molecule has 1 unspecified atom stereocenters. The molecule has 0 saturated carbocycles. The summed E-state index contributed by atoms with van der Waals surface area (Å²) in [7, 11) is 0. The summed E-state index contributed by atoms with van der Waals surface area (Å²) in [5.41, 5.74) is 0. The summed E-state index contributed by atoms with van der Waals surface area (Å²) >= 11 is 0. The second-order valence-corrected chi connectivity index (χ2v) is 7.23. The molecular weight excluding hydrogens is 234 g/mol. The van der Waals surface area contributed by atoms with Crippen LogP contribution in [-0.4, -0.2) is 71.6 Å². The number of piperazine rings is 1. The standard InChI is InChI=1S/C16H31N3/c1-13(2)19-12-15-9-16(19)11-18(15)10-14(3)17-7-5-4-6-8-17/h13-16H,4-12H2,1-3H3/t14?,15-,16-/m0/s1. The quantitative estimate of drug-likeness (QED) is 0.770. The molecule has 0 aliphatic carbocycles. The van der Waals surface area contributed by atoms with Gasteiger partial charge < -0.3 is 0 Å². The molecule has 0 spiro atoms. The fourth-order valence-electron chi connectivity index (χ4n) is 4.45. The van der Waals surface area contributed by atoms with Crippen molar-refractivity contribution in [3.63, 3.8) is 0 Å². The first-order valence-electron chi connectivity index (χ1n) is 8.39. The second kappa shape index (κ2) is 5.71. The fourth-order valence-corrected chi connectivity index (χ4v) is 4.45. The molecule has 19 heavy (non-hydrogen) atoms. The highest BCUT2D eigenvalue weighted by molar-refractivity contribution is 5.01. The Hall–Kier alpha value is -0.120. The maximum atomic E-state index is 2.78. The van der Waals surface area contributed by atoms with Gasteiger partial charge in [-0.05, 0) is 53.1 Å². The monoisotopic (exact) mass is 265 g/mol. The van der Waals surface area contributed by atoms with E-state index in [1.165, 1.54) is 58.4 Å². The Kier molecular flexibility index (Phi) is 4.16. The minimum absolute atomic E-state index is 0.733. The molecule has 110 valence electrons. The minimum Gasteiger partial charge on any atom is -0.299 e. The average molecular weight is 265 g/mol. The van der Waals surface area contributed by atoms with Gasteiger partial charge in [-0.2, -0.15) is 0 Å². The van der Waals surface area contributed by atoms with Gasteiger partial charge in [0.05, 0.1) is 0 Å². The molecule has 3 heteroatoms. The van der Waals surface area contributed by atoms with Crippen LogP contribution < -0.4 is 0 Å². The van der Waals surface area contributed by atoms with Crippen molar-refractivity contribution in [1.82, 2.24) is 14.7 Å². The Morgan fingerprint density at radius 3 is 2.26 bits per heavy atom. The van der Waals surface area contributed by atoms with Crippen molar-refractivity contribution in [2.75, 3.05) is 32.7 Å². The molecular formula is C16H31N3. The first-order chi connectivity index (χ1) is 9.15. The third-order valence-corrected chi connectivity index (χ3v) is 5.57. The SMILES string of the molecule is CC(CN1C[C@@H]2C[C@H]1CN2C(C)C)N1CCCCC1. The molecule has 3 saturated heterocycles. The lowest BCUT2D eigenvalue weighted by Crippen LogP contribution is -2.52. The molecule has 3 aliphatic heterocycles.